The van der Waals surface area contributed by atoms with Crippen molar-refractivity contribution in [2.24, 2.45) is 0 Å². The number of nitrogens with zero attached hydrogens (tertiary/aromatic N) is 2. The standard InChI is InChI=1S/C20H28N4O15P2/c1-9-5-23(19(29)21-17(9)27)15-3-11(26)14(37-15)8-35-40(31,32)39-41(33,34)38-12-4-16(36-13(12)7-25)24-6-10(2)18(28)22-20(24)30/h5-6,11-16,25-26H,3-4,7-8H2,1-2H3,(H,31,32)(H,33,34)(H,21,27,29)(H,22,28,30)/t11-,12-,13+,14+,15+,16+/m0/s1. The molecule has 0 aromatic carbocycles. The van der Waals surface area contributed by atoms with E-state index in [4.69, 9.17) is 18.5 Å². The van der Waals surface area contributed by atoms with E-state index in [1.807, 2.05) is 0 Å². The average molecular weight is 626 g/mol. The first-order valence-electron chi connectivity index (χ1n) is 12.0. The number of ether oxygens (including phenoxy) is 2. The predicted molar refractivity (Wildman–Crippen MR) is 134 cm³/mol. The van der Waals surface area contributed by atoms with Gasteiger partial charge in [-0.25, -0.2) is 18.7 Å². The maximum atomic E-state index is 12.5. The van der Waals surface area contributed by atoms with Crippen LogP contribution in [0.4, 0.5) is 0 Å². The molecule has 0 amide bonds. The first kappa shape index (κ1) is 31.4. The fourth-order valence-electron chi connectivity index (χ4n) is 4.29. The van der Waals surface area contributed by atoms with Crippen molar-refractivity contribution in [3.63, 3.8) is 0 Å². The smallest absolute Gasteiger partial charge is 0.394 e. The van der Waals surface area contributed by atoms with Crippen LogP contribution in [-0.4, -0.2) is 76.7 Å². The summed E-state index contributed by atoms with van der Waals surface area (Å²) < 4.78 is 51.9. The number of H-pyrrole nitrogens is 2. The Morgan fingerprint density at radius 2 is 1.41 bits per heavy atom. The molecule has 2 aromatic heterocycles. The zero-order valence-corrected chi connectivity index (χ0v) is 23.3. The molecule has 6 N–H and O–H groups in total. The molecule has 0 spiro atoms. The molecule has 2 saturated heterocycles. The molecule has 228 valence electrons. The number of aryl methyl sites for hydroxylation is 2. The van der Waals surface area contributed by atoms with Crippen molar-refractivity contribution < 1.29 is 52.0 Å². The molecule has 0 aliphatic carbocycles. The number of aliphatic hydroxyl groups excluding tert-OH is 2. The van der Waals surface area contributed by atoms with Crippen LogP contribution in [-0.2, 0) is 32.0 Å². The fourth-order valence-corrected chi connectivity index (χ4v) is 6.58. The van der Waals surface area contributed by atoms with Crippen LogP contribution in [0, 0.1) is 13.8 Å². The van der Waals surface area contributed by atoms with E-state index in [-0.39, 0.29) is 24.0 Å². The Morgan fingerprint density at radius 3 is 1.95 bits per heavy atom. The van der Waals surface area contributed by atoms with Crippen molar-refractivity contribution >= 4 is 15.6 Å². The highest BCUT2D eigenvalue weighted by Crippen LogP contribution is 2.62. The number of phosphoric acid groups is 2. The minimum Gasteiger partial charge on any atom is -0.394 e. The quantitative estimate of drug-likeness (QED) is 0.160. The van der Waals surface area contributed by atoms with E-state index in [1.165, 1.54) is 26.2 Å². The van der Waals surface area contributed by atoms with Gasteiger partial charge in [-0.2, -0.15) is 4.31 Å². The zero-order valence-electron chi connectivity index (χ0n) is 21.5. The van der Waals surface area contributed by atoms with Crippen molar-refractivity contribution in [2.75, 3.05) is 13.2 Å². The molecule has 2 aliphatic heterocycles. The van der Waals surface area contributed by atoms with Crippen LogP contribution in [0.1, 0.15) is 36.4 Å². The number of hydrogen-bond donors (Lipinski definition) is 6. The number of nitrogens with one attached hydrogen (secondary N) is 2. The first-order valence-corrected chi connectivity index (χ1v) is 15.0. The first-order chi connectivity index (χ1) is 19.1. The van der Waals surface area contributed by atoms with E-state index in [0.717, 1.165) is 9.13 Å². The molecule has 2 fully saturated rings. The van der Waals surface area contributed by atoms with Crippen molar-refractivity contribution in [1.82, 2.24) is 19.1 Å². The number of rotatable bonds is 10. The molecule has 2 aliphatic rings. The maximum absolute atomic E-state index is 12.5. The van der Waals surface area contributed by atoms with Crippen LogP contribution in [0.15, 0.2) is 31.6 Å². The topological polar surface area (TPSA) is 271 Å². The molecule has 8 atom stereocenters. The van der Waals surface area contributed by atoms with Gasteiger partial charge in [-0.15, -0.1) is 0 Å². The highest BCUT2D eigenvalue weighted by Gasteiger charge is 2.45. The van der Waals surface area contributed by atoms with Gasteiger partial charge in [-0.05, 0) is 13.8 Å². The Hall–Kier alpha value is -2.54. The second-order valence-corrected chi connectivity index (χ2v) is 12.4. The van der Waals surface area contributed by atoms with E-state index in [9.17, 15) is 48.3 Å². The van der Waals surface area contributed by atoms with Gasteiger partial charge in [0.15, 0.2) is 0 Å². The molecule has 4 rings (SSSR count). The second kappa shape index (κ2) is 12.0. The summed E-state index contributed by atoms with van der Waals surface area (Å²) >= 11 is 0. The normalized spacial score (nSPS) is 29.3. The molecule has 2 aromatic rings. The van der Waals surface area contributed by atoms with Crippen LogP contribution in [0.2, 0.25) is 0 Å². The fraction of sp³-hybridized carbons (Fsp3) is 0.600. The molecule has 0 saturated carbocycles. The Morgan fingerprint density at radius 1 is 0.902 bits per heavy atom. The average Bonchev–Trinajstić information content (AvgIpc) is 3.43. The Labute approximate surface area is 229 Å². The van der Waals surface area contributed by atoms with Crippen molar-refractivity contribution in [3.8, 4) is 0 Å². The van der Waals surface area contributed by atoms with Crippen molar-refractivity contribution in [3.05, 3.63) is 65.2 Å². The van der Waals surface area contributed by atoms with Gasteiger partial charge in [0.25, 0.3) is 11.1 Å². The van der Waals surface area contributed by atoms with Crippen molar-refractivity contribution in [1.29, 1.82) is 0 Å². The van der Waals surface area contributed by atoms with Crippen molar-refractivity contribution in [2.45, 2.75) is 63.6 Å². The minimum absolute atomic E-state index is 0.152. The van der Waals surface area contributed by atoms with Gasteiger partial charge in [0, 0.05) is 36.4 Å². The summed E-state index contributed by atoms with van der Waals surface area (Å²) in [5.41, 5.74) is -2.54. The lowest BCUT2D eigenvalue weighted by atomic mass is 10.2. The van der Waals surface area contributed by atoms with Gasteiger partial charge in [-0.3, -0.25) is 37.7 Å². The Bertz CT molecular complexity index is 1610. The third-order valence-corrected chi connectivity index (χ3v) is 9.02. The van der Waals surface area contributed by atoms with E-state index in [1.54, 1.807) is 0 Å². The highest BCUT2D eigenvalue weighted by atomic mass is 31.3. The molecule has 21 heteroatoms. The summed E-state index contributed by atoms with van der Waals surface area (Å²) in [7, 11) is -10.7. The van der Waals surface area contributed by atoms with Crippen LogP contribution < -0.4 is 22.5 Å². The molecule has 4 heterocycles. The third-order valence-electron chi connectivity index (χ3n) is 6.35. The second-order valence-electron chi connectivity index (χ2n) is 9.40. The Balaban J connectivity index is 1.37. The predicted octanol–water partition coefficient (Wildman–Crippen LogP) is -1.75. The van der Waals surface area contributed by atoms with Gasteiger partial charge in [0.05, 0.1) is 19.3 Å². The molecular formula is C20H28N4O15P2. The van der Waals surface area contributed by atoms with Crippen LogP contribution >= 0.6 is 15.6 Å². The lowest BCUT2D eigenvalue weighted by Crippen LogP contribution is -2.33. The summed E-state index contributed by atoms with van der Waals surface area (Å²) in [6.07, 6.45) is -5.48. The summed E-state index contributed by atoms with van der Waals surface area (Å²) in [5, 5.41) is 19.9. The van der Waals surface area contributed by atoms with Gasteiger partial charge >= 0.3 is 27.0 Å². The van der Waals surface area contributed by atoms with E-state index < -0.39 is 88.2 Å². The lowest BCUT2D eigenvalue weighted by molar-refractivity contribution is -0.0484. The summed E-state index contributed by atoms with van der Waals surface area (Å²) in [6, 6.07) is 0. The molecule has 0 radical (unpaired) electrons. The van der Waals surface area contributed by atoms with Gasteiger partial charge < -0.3 is 29.5 Å². The molecule has 2 unspecified atom stereocenters. The number of aromatic amines is 2. The molecule has 19 nitrogen and oxygen atoms in total. The molecule has 0 bridgehead atoms. The largest absolute Gasteiger partial charge is 0.481 e. The number of aromatic nitrogens is 4. The van der Waals surface area contributed by atoms with E-state index >= 15 is 0 Å². The van der Waals surface area contributed by atoms with Gasteiger partial charge in [0.1, 0.15) is 30.8 Å². The SMILES string of the molecule is Cc1cn([C@H]2C[C@H](OP(=O)(O)OP(=O)(O)OC[C@H]3O[C@@H](n4cc(C)c(=O)[nH]c4=O)C[C@@H]3O)[C@@H](CO)O2)c(=O)[nH]c1=O. The number of aliphatic hydroxyl groups is 2. The summed E-state index contributed by atoms with van der Waals surface area (Å²) in [4.78, 5) is 71.7. The lowest BCUT2D eigenvalue weighted by Gasteiger charge is -2.22. The maximum Gasteiger partial charge on any atom is 0.481 e. The minimum atomic E-state index is -5.37. The molecule has 41 heavy (non-hydrogen) atoms. The summed E-state index contributed by atoms with van der Waals surface area (Å²) in [6.45, 7) is 1.32. The van der Waals surface area contributed by atoms with E-state index in [2.05, 4.69) is 14.3 Å². The van der Waals surface area contributed by atoms with Gasteiger partial charge in [-0.1, -0.05) is 0 Å². The number of phosphoric ester groups is 2. The summed E-state index contributed by atoms with van der Waals surface area (Å²) in [5.74, 6) is 0. The van der Waals surface area contributed by atoms with Gasteiger partial charge in [0.2, 0.25) is 0 Å². The van der Waals surface area contributed by atoms with Crippen LogP contribution in [0.5, 0.6) is 0 Å². The zero-order chi connectivity index (χ0) is 30.3. The Kier molecular flexibility index (Phi) is 9.18. The number of hydrogen-bond acceptors (Lipinski definition) is 13. The third kappa shape index (κ3) is 7.28. The molecular weight excluding hydrogens is 598 g/mol. The monoisotopic (exact) mass is 626 g/mol. The van der Waals surface area contributed by atoms with E-state index in [0.29, 0.717) is 0 Å². The van der Waals surface area contributed by atoms with Crippen LogP contribution in [0.25, 0.3) is 0 Å². The highest BCUT2D eigenvalue weighted by molar-refractivity contribution is 7.61. The van der Waals surface area contributed by atoms with Crippen LogP contribution in [0.3, 0.4) is 0 Å².